The molecule has 0 aliphatic carbocycles. The second kappa shape index (κ2) is 11.7. The minimum absolute atomic E-state index is 0.0636. The molecule has 1 aliphatic heterocycles. The van der Waals surface area contributed by atoms with Gasteiger partial charge in [-0.25, -0.2) is 0 Å². The highest BCUT2D eigenvalue weighted by Crippen LogP contribution is 2.23. The van der Waals surface area contributed by atoms with Gasteiger partial charge in [0.25, 0.3) is 5.91 Å². The molecule has 35 heavy (non-hydrogen) atoms. The first kappa shape index (κ1) is 25.2. The quantitative estimate of drug-likeness (QED) is 0.394. The van der Waals surface area contributed by atoms with Crippen LogP contribution in [-0.2, 0) is 23.1 Å². The van der Waals surface area contributed by atoms with E-state index in [4.69, 9.17) is 16.3 Å². The number of aryl methyl sites for hydroxylation is 2. The van der Waals surface area contributed by atoms with E-state index in [9.17, 15) is 9.59 Å². The van der Waals surface area contributed by atoms with Crippen LogP contribution in [0.25, 0.3) is 0 Å². The van der Waals surface area contributed by atoms with Gasteiger partial charge in [0.2, 0.25) is 5.91 Å². The van der Waals surface area contributed by atoms with Crippen LogP contribution in [0.1, 0.15) is 45.9 Å². The predicted octanol–water partition coefficient (Wildman–Crippen LogP) is 4.15. The van der Waals surface area contributed by atoms with Gasteiger partial charge in [-0.05, 0) is 44.4 Å². The number of ether oxygens (including phenoxy) is 1. The van der Waals surface area contributed by atoms with Crippen molar-refractivity contribution < 1.29 is 14.3 Å². The normalized spacial score (nSPS) is 16.5. The second-order valence-electron chi connectivity index (χ2n) is 8.55. The highest BCUT2D eigenvalue weighted by Gasteiger charge is 2.27. The summed E-state index contributed by atoms with van der Waals surface area (Å²) < 4.78 is 7.44. The fourth-order valence-electron chi connectivity index (χ4n) is 3.90. The number of halogens is 1. The third-order valence-electron chi connectivity index (χ3n) is 5.76. The van der Waals surface area contributed by atoms with Crippen LogP contribution in [0.5, 0.6) is 0 Å². The number of rotatable bonds is 9. The van der Waals surface area contributed by atoms with E-state index in [0.717, 1.165) is 35.5 Å². The fourth-order valence-corrected chi connectivity index (χ4v) is 4.90. The Morgan fingerprint density at radius 2 is 2.17 bits per heavy atom. The molecule has 4 rings (SSSR count). The van der Waals surface area contributed by atoms with Crippen molar-refractivity contribution in [2.24, 2.45) is 7.05 Å². The Kier molecular flexibility index (Phi) is 8.37. The lowest BCUT2D eigenvalue weighted by atomic mass is 10.0. The van der Waals surface area contributed by atoms with E-state index in [0.29, 0.717) is 35.2 Å². The number of amides is 2. The summed E-state index contributed by atoms with van der Waals surface area (Å²) in [6, 6.07) is 4.76. The van der Waals surface area contributed by atoms with Gasteiger partial charge in [0.1, 0.15) is 6.04 Å². The van der Waals surface area contributed by atoms with Crippen LogP contribution < -0.4 is 16.0 Å². The first-order valence-corrected chi connectivity index (χ1v) is 12.7. The molecule has 11 heteroatoms. The SMILES string of the molecule is Cc1ncc(Cl)cc1NCc1ccc(C(=O)N[C@@H](CC2CCCCO2)C(=O)Nc2cnn(C)c2)s1. The number of pyridine rings is 1. The second-order valence-corrected chi connectivity index (χ2v) is 10.2. The minimum atomic E-state index is -0.727. The Morgan fingerprint density at radius 3 is 2.91 bits per heavy atom. The summed E-state index contributed by atoms with van der Waals surface area (Å²) >= 11 is 7.41. The van der Waals surface area contributed by atoms with Gasteiger partial charge in [0.15, 0.2) is 0 Å². The Hall–Kier alpha value is -2.95. The summed E-state index contributed by atoms with van der Waals surface area (Å²) in [6.45, 7) is 3.11. The van der Waals surface area contributed by atoms with Crippen molar-refractivity contribution in [2.45, 2.75) is 51.3 Å². The molecule has 0 bridgehead atoms. The molecular formula is C24H29ClN6O3S. The lowest BCUT2D eigenvalue weighted by Gasteiger charge is -2.26. The predicted molar refractivity (Wildman–Crippen MR) is 137 cm³/mol. The molecule has 2 atom stereocenters. The Morgan fingerprint density at radius 1 is 1.31 bits per heavy atom. The summed E-state index contributed by atoms with van der Waals surface area (Å²) in [4.78, 5) is 31.9. The molecule has 1 unspecified atom stereocenters. The molecule has 1 fully saturated rings. The summed E-state index contributed by atoms with van der Waals surface area (Å²) in [5.41, 5.74) is 2.27. The van der Waals surface area contributed by atoms with Crippen molar-refractivity contribution in [1.82, 2.24) is 20.1 Å². The molecule has 186 valence electrons. The molecule has 0 aromatic carbocycles. The highest BCUT2D eigenvalue weighted by atomic mass is 35.5. The number of hydrogen-bond acceptors (Lipinski definition) is 7. The van der Waals surface area contributed by atoms with E-state index < -0.39 is 6.04 Å². The average Bonchev–Trinajstić information content (AvgIpc) is 3.49. The van der Waals surface area contributed by atoms with Gasteiger partial charge < -0.3 is 20.7 Å². The molecule has 3 N–H and O–H groups in total. The zero-order valence-electron chi connectivity index (χ0n) is 19.7. The van der Waals surface area contributed by atoms with E-state index in [2.05, 4.69) is 26.0 Å². The van der Waals surface area contributed by atoms with E-state index in [-0.39, 0.29) is 17.9 Å². The average molecular weight is 517 g/mol. The number of carbonyl (C=O) groups excluding carboxylic acids is 2. The molecule has 0 spiro atoms. The molecule has 1 saturated heterocycles. The van der Waals surface area contributed by atoms with Crippen LogP contribution in [0, 0.1) is 6.92 Å². The molecule has 3 aromatic heterocycles. The van der Waals surface area contributed by atoms with Gasteiger partial charge in [-0.1, -0.05) is 11.6 Å². The van der Waals surface area contributed by atoms with Crippen LogP contribution in [-0.4, -0.2) is 45.3 Å². The third-order valence-corrected chi connectivity index (χ3v) is 7.05. The van der Waals surface area contributed by atoms with Gasteiger partial charge in [-0.15, -0.1) is 11.3 Å². The lowest BCUT2D eigenvalue weighted by Crippen LogP contribution is -2.46. The zero-order valence-corrected chi connectivity index (χ0v) is 21.3. The van der Waals surface area contributed by atoms with E-state index >= 15 is 0 Å². The van der Waals surface area contributed by atoms with Crippen LogP contribution >= 0.6 is 22.9 Å². The Balaban J connectivity index is 1.40. The number of thiophene rings is 1. The molecule has 3 aromatic rings. The first-order chi connectivity index (χ1) is 16.9. The van der Waals surface area contributed by atoms with Gasteiger partial charge in [-0.3, -0.25) is 19.3 Å². The number of carbonyl (C=O) groups is 2. The fraction of sp³-hybridized carbons (Fsp3) is 0.417. The number of anilines is 2. The van der Waals surface area contributed by atoms with Crippen LogP contribution in [0.3, 0.4) is 0 Å². The van der Waals surface area contributed by atoms with Crippen molar-refractivity contribution in [3.05, 3.63) is 57.3 Å². The standard InChI is InChI=1S/C24H29ClN6O3S/c1-15-20(9-16(25)11-26-15)27-13-19-6-7-22(35-19)24(33)30-21(10-18-5-3-4-8-34-18)23(32)29-17-12-28-31(2)14-17/h6-7,9,11-12,14,18,21,27H,3-5,8,10,13H2,1-2H3,(H,29,32)(H,30,33)/t18?,21-/m0/s1. The van der Waals surface area contributed by atoms with E-state index in [1.807, 2.05) is 19.1 Å². The molecule has 0 saturated carbocycles. The molecule has 1 aliphatic rings. The molecule has 9 nitrogen and oxygen atoms in total. The van der Waals surface area contributed by atoms with Gasteiger partial charge in [0, 0.05) is 43.9 Å². The van der Waals surface area contributed by atoms with Crippen LogP contribution in [0.4, 0.5) is 11.4 Å². The summed E-state index contributed by atoms with van der Waals surface area (Å²) in [7, 11) is 1.78. The lowest BCUT2D eigenvalue weighted by molar-refractivity contribution is -0.119. The largest absolute Gasteiger partial charge is 0.379 e. The highest BCUT2D eigenvalue weighted by molar-refractivity contribution is 7.14. The van der Waals surface area contributed by atoms with Crippen molar-refractivity contribution in [2.75, 3.05) is 17.2 Å². The molecule has 0 radical (unpaired) electrons. The Labute approximate surface area is 213 Å². The third kappa shape index (κ3) is 7.03. The maximum absolute atomic E-state index is 13.1. The van der Waals surface area contributed by atoms with Gasteiger partial charge in [-0.2, -0.15) is 5.10 Å². The van der Waals surface area contributed by atoms with E-state index in [1.165, 1.54) is 11.3 Å². The topological polar surface area (TPSA) is 110 Å². The van der Waals surface area contributed by atoms with Crippen molar-refractivity contribution >= 4 is 46.1 Å². The van der Waals surface area contributed by atoms with Crippen molar-refractivity contribution in [3.8, 4) is 0 Å². The Bertz CT molecular complexity index is 1170. The monoisotopic (exact) mass is 516 g/mol. The smallest absolute Gasteiger partial charge is 0.262 e. The molecular weight excluding hydrogens is 488 g/mol. The first-order valence-electron chi connectivity index (χ1n) is 11.5. The minimum Gasteiger partial charge on any atom is -0.379 e. The number of aromatic nitrogens is 3. The number of nitrogens with one attached hydrogen (secondary N) is 3. The summed E-state index contributed by atoms with van der Waals surface area (Å²) in [5, 5.41) is 13.7. The van der Waals surface area contributed by atoms with Crippen molar-refractivity contribution in [1.29, 1.82) is 0 Å². The van der Waals surface area contributed by atoms with Crippen molar-refractivity contribution in [3.63, 3.8) is 0 Å². The molecule has 2 amide bonds. The maximum Gasteiger partial charge on any atom is 0.262 e. The summed E-state index contributed by atoms with van der Waals surface area (Å²) in [6.07, 6.45) is 8.19. The molecule has 4 heterocycles. The van der Waals surface area contributed by atoms with Crippen LogP contribution in [0.15, 0.2) is 36.8 Å². The summed E-state index contributed by atoms with van der Waals surface area (Å²) in [5.74, 6) is -0.577. The zero-order chi connectivity index (χ0) is 24.8. The number of hydrogen-bond donors (Lipinski definition) is 3. The number of nitrogens with zero attached hydrogens (tertiary/aromatic N) is 3. The van der Waals surface area contributed by atoms with E-state index in [1.54, 1.807) is 36.4 Å². The maximum atomic E-state index is 13.1. The van der Waals surface area contributed by atoms with Gasteiger partial charge in [0.05, 0.1) is 39.3 Å². The van der Waals surface area contributed by atoms with Gasteiger partial charge >= 0.3 is 0 Å². The van der Waals surface area contributed by atoms with Crippen LogP contribution in [0.2, 0.25) is 5.02 Å².